The highest BCUT2D eigenvalue weighted by Crippen LogP contribution is 2.33. The van der Waals surface area contributed by atoms with Crippen molar-refractivity contribution in [1.82, 2.24) is 0 Å². The van der Waals surface area contributed by atoms with E-state index in [1.807, 2.05) is 0 Å². The monoisotopic (exact) mass is 420 g/mol. The molecule has 1 saturated heterocycles. The van der Waals surface area contributed by atoms with Crippen LogP contribution in [-0.2, 0) is 14.6 Å². The Morgan fingerprint density at radius 3 is 2.55 bits per heavy atom. The van der Waals surface area contributed by atoms with Crippen molar-refractivity contribution in [2.75, 3.05) is 19.8 Å². The highest BCUT2D eigenvalue weighted by molar-refractivity contribution is 7.91. The molecule has 1 amide bonds. The van der Waals surface area contributed by atoms with Crippen molar-refractivity contribution in [1.29, 1.82) is 0 Å². The maximum absolute atomic E-state index is 13.0. The van der Waals surface area contributed by atoms with E-state index < -0.39 is 26.4 Å². The van der Waals surface area contributed by atoms with E-state index in [9.17, 15) is 23.3 Å². The predicted octanol–water partition coefficient (Wildman–Crippen LogP) is 2.33. The first-order valence-electron chi connectivity index (χ1n) is 8.93. The number of hydrogen-bond donors (Lipinski definition) is 1. The molecule has 29 heavy (non-hydrogen) atoms. The number of carbonyl (C=O) groups is 1. The molecule has 1 heterocycles. The third-order valence-corrected chi connectivity index (χ3v) is 6.50. The lowest BCUT2D eigenvalue weighted by Gasteiger charge is -2.22. The number of carbonyl (C=O) groups excluding carboxylic acids is 1. The zero-order chi connectivity index (χ0) is 21.0. The zero-order valence-electron chi connectivity index (χ0n) is 15.4. The highest BCUT2D eigenvalue weighted by atomic mass is 32.2. The van der Waals surface area contributed by atoms with Crippen molar-refractivity contribution < 1.29 is 27.6 Å². The highest BCUT2D eigenvalue weighted by Gasteiger charge is 2.27. The van der Waals surface area contributed by atoms with Crippen LogP contribution in [0.15, 0.2) is 52.3 Å². The fraction of sp³-hybridized carbons (Fsp3) is 0.316. The van der Waals surface area contributed by atoms with E-state index >= 15 is 0 Å². The van der Waals surface area contributed by atoms with Crippen LogP contribution in [-0.4, -0.2) is 39.1 Å². The standard InChI is InChI=1S/C19H20N2O7S/c20-19(22)15-3-1-2-4-18(15)29(25,26)14-5-6-17(16(11-14)21(23)24)28-12-13-7-9-27-10-8-13/h1-6,11,13H,7-10,12H2,(H2,20,22). The smallest absolute Gasteiger partial charge is 0.312 e. The molecule has 0 bridgehead atoms. The quantitative estimate of drug-likeness (QED) is 0.535. The Balaban J connectivity index is 1.93. The summed E-state index contributed by atoms with van der Waals surface area (Å²) in [6.07, 6.45) is 1.59. The number of nitro benzene ring substituents is 1. The lowest BCUT2D eigenvalue weighted by Crippen LogP contribution is -2.21. The van der Waals surface area contributed by atoms with Crippen LogP contribution in [0, 0.1) is 16.0 Å². The van der Waals surface area contributed by atoms with Gasteiger partial charge in [0, 0.05) is 19.3 Å². The Kier molecular flexibility index (Phi) is 6.14. The van der Waals surface area contributed by atoms with Gasteiger partial charge in [0.25, 0.3) is 0 Å². The van der Waals surface area contributed by atoms with Crippen LogP contribution in [0.4, 0.5) is 5.69 Å². The number of ether oxygens (including phenoxy) is 2. The minimum atomic E-state index is -4.20. The lowest BCUT2D eigenvalue weighted by molar-refractivity contribution is -0.386. The number of rotatable bonds is 7. The molecular weight excluding hydrogens is 400 g/mol. The molecule has 0 radical (unpaired) electrons. The Morgan fingerprint density at radius 1 is 1.21 bits per heavy atom. The van der Waals surface area contributed by atoms with Gasteiger partial charge >= 0.3 is 5.69 Å². The van der Waals surface area contributed by atoms with Crippen LogP contribution >= 0.6 is 0 Å². The number of benzene rings is 2. The predicted molar refractivity (Wildman–Crippen MR) is 103 cm³/mol. The second-order valence-corrected chi connectivity index (χ2v) is 8.54. The van der Waals surface area contributed by atoms with Gasteiger partial charge in [-0.25, -0.2) is 8.42 Å². The van der Waals surface area contributed by atoms with Crippen molar-refractivity contribution in [3.63, 3.8) is 0 Å². The van der Waals surface area contributed by atoms with Crippen LogP contribution in [0.2, 0.25) is 0 Å². The maximum atomic E-state index is 13.0. The van der Waals surface area contributed by atoms with Crippen LogP contribution in [0.1, 0.15) is 23.2 Å². The summed E-state index contributed by atoms with van der Waals surface area (Å²) in [6, 6.07) is 8.86. The number of primary amides is 1. The van der Waals surface area contributed by atoms with E-state index in [2.05, 4.69) is 0 Å². The number of nitrogens with zero attached hydrogens (tertiary/aromatic N) is 1. The van der Waals surface area contributed by atoms with Crippen molar-refractivity contribution in [3.05, 3.63) is 58.1 Å². The summed E-state index contributed by atoms with van der Waals surface area (Å²) < 4.78 is 36.8. The van der Waals surface area contributed by atoms with Crippen LogP contribution in [0.5, 0.6) is 5.75 Å². The molecule has 0 aliphatic carbocycles. The molecule has 3 rings (SSSR count). The first-order valence-corrected chi connectivity index (χ1v) is 10.4. The minimum Gasteiger partial charge on any atom is -0.487 e. The van der Waals surface area contributed by atoms with E-state index in [-0.39, 0.29) is 33.6 Å². The van der Waals surface area contributed by atoms with Gasteiger partial charge in [-0.1, -0.05) is 12.1 Å². The molecule has 10 heteroatoms. The van der Waals surface area contributed by atoms with Crippen molar-refractivity contribution >= 4 is 21.4 Å². The zero-order valence-corrected chi connectivity index (χ0v) is 16.3. The van der Waals surface area contributed by atoms with E-state index in [1.165, 1.54) is 36.4 Å². The van der Waals surface area contributed by atoms with Gasteiger partial charge in [0.2, 0.25) is 15.7 Å². The lowest BCUT2D eigenvalue weighted by atomic mass is 10.0. The van der Waals surface area contributed by atoms with E-state index in [0.29, 0.717) is 13.2 Å². The molecule has 0 aromatic heterocycles. The summed E-state index contributed by atoms with van der Waals surface area (Å²) in [6.45, 7) is 1.51. The van der Waals surface area contributed by atoms with E-state index in [1.54, 1.807) is 0 Å². The SMILES string of the molecule is NC(=O)c1ccccc1S(=O)(=O)c1ccc(OCC2CCOCC2)c([N+](=O)[O-])c1. The first kappa shape index (κ1) is 20.7. The molecule has 0 saturated carbocycles. The fourth-order valence-corrected chi connectivity index (χ4v) is 4.57. The average Bonchev–Trinajstić information content (AvgIpc) is 2.72. The maximum Gasteiger partial charge on any atom is 0.312 e. The average molecular weight is 420 g/mol. The summed E-state index contributed by atoms with van der Waals surface area (Å²) in [7, 11) is -4.20. The van der Waals surface area contributed by atoms with Crippen molar-refractivity contribution in [2.24, 2.45) is 11.7 Å². The third kappa shape index (κ3) is 4.54. The van der Waals surface area contributed by atoms with Gasteiger partial charge in [-0.3, -0.25) is 14.9 Å². The molecule has 1 aliphatic heterocycles. The first-order chi connectivity index (χ1) is 13.8. The van der Waals surface area contributed by atoms with Gasteiger partial charge in [-0.15, -0.1) is 0 Å². The molecule has 2 aromatic rings. The summed E-state index contributed by atoms with van der Waals surface area (Å²) in [5, 5.41) is 11.5. The van der Waals surface area contributed by atoms with Gasteiger partial charge in [-0.05, 0) is 43.0 Å². The molecule has 2 aromatic carbocycles. The molecular formula is C19H20N2O7S. The second kappa shape index (κ2) is 8.58. The summed E-state index contributed by atoms with van der Waals surface area (Å²) in [4.78, 5) is 21.8. The number of amides is 1. The van der Waals surface area contributed by atoms with Crippen LogP contribution in [0.25, 0.3) is 0 Å². The Hall–Kier alpha value is -2.98. The Labute approximate surface area is 167 Å². The summed E-state index contributed by atoms with van der Waals surface area (Å²) >= 11 is 0. The van der Waals surface area contributed by atoms with Crippen LogP contribution < -0.4 is 10.5 Å². The molecule has 0 atom stereocenters. The molecule has 0 unspecified atom stereocenters. The summed E-state index contributed by atoms with van der Waals surface area (Å²) in [5.41, 5.74) is 4.61. The van der Waals surface area contributed by atoms with Gasteiger partial charge in [0.15, 0.2) is 5.75 Å². The van der Waals surface area contributed by atoms with Crippen molar-refractivity contribution in [2.45, 2.75) is 22.6 Å². The molecule has 1 aliphatic rings. The summed E-state index contributed by atoms with van der Waals surface area (Å²) in [5.74, 6) is -0.701. The number of nitro groups is 1. The van der Waals surface area contributed by atoms with Gasteiger partial charge in [0.05, 0.1) is 26.9 Å². The normalized spacial score (nSPS) is 15.0. The minimum absolute atomic E-state index is 0.0105. The van der Waals surface area contributed by atoms with Gasteiger partial charge in [-0.2, -0.15) is 0 Å². The van der Waals surface area contributed by atoms with E-state index in [4.69, 9.17) is 15.2 Å². The van der Waals surface area contributed by atoms with Gasteiger partial charge in [0.1, 0.15) is 0 Å². The number of hydrogen-bond acceptors (Lipinski definition) is 7. The molecule has 9 nitrogen and oxygen atoms in total. The largest absolute Gasteiger partial charge is 0.487 e. The number of sulfone groups is 1. The Bertz CT molecular complexity index is 1030. The Morgan fingerprint density at radius 2 is 1.90 bits per heavy atom. The molecule has 2 N–H and O–H groups in total. The van der Waals surface area contributed by atoms with Crippen molar-refractivity contribution in [3.8, 4) is 5.75 Å². The second-order valence-electron chi connectivity index (χ2n) is 6.62. The van der Waals surface area contributed by atoms with E-state index in [0.717, 1.165) is 18.9 Å². The molecule has 1 fully saturated rings. The fourth-order valence-electron chi connectivity index (χ4n) is 3.08. The third-order valence-electron chi connectivity index (χ3n) is 4.69. The molecule has 154 valence electrons. The topological polar surface area (TPSA) is 139 Å². The van der Waals surface area contributed by atoms with Crippen LogP contribution in [0.3, 0.4) is 0 Å². The number of nitrogens with two attached hydrogens (primary N) is 1. The van der Waals surface area contributed by atoms with Gasteiger partial charge < -0.3 is 15.2 Å². The molecule has 0 spiro atoms.